The Morgan fingerprint density at radius 3 is 2.57 bits per heavy atom. The Morgan fingerprint density at radius 2 is 1.83 bits per heavy atom. The SMILES string of the molecule is COc1ccc(-c2noc(CCC(=O)NCCCNc3n[nH]c(=O)c4c(F)ccc(F)c34)n2)cc1. The number of carbonyl (C=O) groups is 1. The number of rotatable bonds is 10. The molecule has 35 heavy (non-hydrogen) atoms. The topological polar surface area (TPSA) is 135 Å². The highest BCUT2D eigenvalue weighted by Crippen LogP contribution is 2.23. The Labute approximate surface area is 197 Å². The van der Waals surface area contributed by atoms with Gasteiger partial charge in [-0.05, 0) is 42.8 Å². The van der Waals surface area contributed by atoms with Crippen molar-refractivity contribution in [2.45, 2.75) is 19.3 Å². The van der Waals surface area contributed by atoms with E-state index in [0.29, 0.717) is 37.0 Å². The zero-order valence-corrected chi connectivity index (χ0v) is 18.7. The first-order valence-corrected chi connectivity index (χ1v) is 10.8. The lowest BCUT2D eigenvalue weighted by molar-refractivity contribution is -0.121. The van der Waals surface area contributed by atoms with E-state index < -0.39 is 22.6 Å². The van der Waals surface area contributed by atoms with Crippen LogP contribution in [0.25, 0.3) is 22.2 Å². The molecule has 0 saturated heterocycles. The summed E-state index contributed by atoms with van der Waals surface area (Å²) in [7, 11) is 1.58. The van der Waals surface area contributed by atoms with Gasteiger partial charge in [-0.3, -0.25) is 9.59 Å². The van der Waals surface area contributed by atoms with Crippen molar-refractivity contribution in [3.05, 3.63) is 64.3 Å². The van der Waals surface area contributed by atoms with Crippen molar-refractivity contribution >= 4 is 22.5 Å². The van der Waals surface area contributed by atoms with Crippen LogP contribution in [0.15, 0.2) is 45.7 Å². The molecule has 10 nitrogen and oxygen atoms in total. The van der Waals surface area contributed by atoms with Crippen molar-refractivity contribution in [2.24, 2.45) is 0 Å². The minimum atomic E-state index is -0.835. The van der Waals surface area contributed by atoms with Crippen molar-refractivity contribution < 1.29 is 22.8 Å². The van der Waals surface area contributed by atoms with Crippen LogP contribution in [0.3, 0.4) is 0 Å². The average molecular weight is 484 g/mol. The number of H-pyrrole nitrogens is 1. The van der Waals surface area contributed by atoms with Gasteiger partial charge in [-0.15, -0.1) is 0 Å². The maximum Gasteiger partial charge on any atom is 0.275 e. The predicted octanol–water partition coefficient (Wildman–Crippen LogP) is 2.81. The van der Waals surface area contributed by atoms with Gasteiger partial charge in [-0.1, -0.05) is 5.16 Å². The number of methoxy groups -OCH3 is 1. The van der Waals surface area contributed by atoms with Crippen LogP contribution in [0.5, 0.6) is 5.75 Å². The summed E-state index contributed by atoms with van der Waals surface area (Å²) in [5.74, 6) is -0.285. The standard InChI is InChI=1S/C23H22F2N6O4/c1-34-14-5-3-13(4-6-14)21-28-18(35-31-21)10-9-17(32)26-11-2-12-27-22-19-15(24)7-8-16(25)20(19)23(33)30-29-22/h3-8H,2,9-12H2,1H3,(H,26,32)(H,27,29)(H,30,33). The smallest absolute Gasteiger partial charge is 0.275 e. The summed E-state index contributed by atoms with van der Waals surface area (Å²) in [6.45, 7) is 0.643. The van der Waals surface area contributed by atoms with Crippen LogP contribution in [-0.4, -0.2) is 46.4 Å². The van der Waals surface area contributed by atoms with E-state index in [-0.39, 0.29) is 30.0 Å². The number of nitrogens with zero attached hydrogens (tertiary/aromatic N) is 3. The summed E-state index contributed by atoms with van der Waals surface area (Å²) in [5.41, 5.74) is -0.0442. The van der Waals surface area contributed by atoms with Crippen molar-refractivity contribution in [1.82, 2.24) is 25.7 Å². The van der Waals surface area contributed by atoms with Gasteiger partial charge in [0.25, 0.3) is 5.56 Å². The van der Waals surface area contributed by atoms with Gasteiger partial charge in [0, 0.05) is 31.5 Å². The number of aromatic nitrogens is 4. The van der Waals surface area contributed by atoms with E-state index in [1.807, 2.05) is 12.1 Å². The molecular formula is C23H22F2N6O4. The second-order valence-electron chi connectivity index (χ2n) is 7.55. The maximum atomic E-state index is 14.2. The molecule has 0 aliphatic rings. The van der Waals surface area contributed by atoms with Crippen molar-refractivity contribution in [3.63, 3.8) is 0 Å². The summed E-state index contributed by atoms with van der Waals surface area (Å²) >= 11 is 0. The number of nitrogens with one attached hydrogen (secondary N) is 3. The molecule has 182 valence electrons. The first kappa shape index (κ1) is 23.8. The van der Waals surface area contributed by atoms with Crippen LogP contribution < -0.4 is 20.9 Å². The molecule has 0 spiro atoms. The van der Waals surface area contributed by atoms with E-state index >= 15 is 0 Å². The number of hydrogen-bond donors (Lipinski definition) is 3. The molecule has 0 aliphatic carbocycles. The molecule has 4 aromatic rings. The highest BCUT2D eigenvalue weighted by molar-refractivity contribution is 5.91. The number of aryl methyl sites for hydroxylation is 1. The van der Waals surface area contributed by atoms with Gasteiger partial charge >= 0.3 is 0 Å². The molecule has 2 aromatic heterocycles. The number of hydrogen-bond acceptors (Lipinski definition) is 8. The Balaban J connectivity index is 1.22. The highest BCUT2D eigenvalue weighted by atomic mass is 19.1. The third-order valence-electron chi connectivity index (χ3n) is 5.19. The number of benzene rings is 2. The lowest BCUT2D eigenvalue weighted by Crippen LogP contribution is -2.26. The molecule has 0 saturated carbocycles. The number of aromatic amines is 1. The quantitative estimate of drug-likeness (QED) is 0.293. The maximum absolute atomic E-state index is 14.2. The lowest BCUT2D eigenvalue weighted by Gasteiger charge is -2.09. The zero-order valence-electron chi connectivity index (χ0n) is 18.7. The molecule has 0 aliphatic heterocycles. The first-order chi connectivity index (χ1) is 17.0. The second-order valence-corrected chi connectivity index (χ2v) is 7.55. The predicted molar refractivity (Wildman–Crippen MR) is 123 cm³/mol. The Bertz CT molecular complexity index is 1390. The molecule has 0 bridgehead atoms. The van der Waals surface area contributed by atoms with E-state index in [4.69, 9.17) is 9.26 Å². The van der Waals surface area contributed by atoms with E-state index in [2.05, 4.69) is 31.0 Å². The Morgan fingerprint density at radius 1 is 1.09 bits per heavy atom. The van der Waals surface area contributed by atoms with E-state index in [1.165, 1.54) is 0 Å². The monoisotopic (exact) mass is 484 g/mol. The molecule has 1 amide bonds. The Kier molecular flexibility index (Phi) is 7.29. The Hall–Kier alpha value is -4.35. The summed E-state index contributed by atoms with van der Waals surface area (Å²) in [4.78, 5) is 28.2. The largest absolute Gasteiger partial charge is 0.497 e. The van der Waals surface area contributed by atoms with Crippen molar-refractivity contribution in [2.75, 3.05) is 25.5 Å². The lowest BCUT2D eigenvalue weighted by atomic mass is 10.1. The van der Waals surface area contributed by atoms with Gasteiger partial charge in [0.15, 0.2) is 5.82 Å². The molecule has 12 heteroatoms. The van der Waals surface area contributed by atoms with Gasteiger partial charge in [-0.25, -0.2) is 13.9 Å². The van der Waals surface area contributed by atoms with Gasteiger partial charge in [0.1, 0.15) is 17.4 Å². The number of carbonyl (C=O) groups excluding carboxylic acids is 1. The van der Waals surface area contributed by atoms with Crippen LogP contribution >= 0.6 is 0 Å². The second kappa shape index (κ2) is 10.7. The molecule has 0 fully saturated rings. The number of anilines is 1. The fourth-order valence-electron chi connectivity index (χ4n) is 3.40. The normalized spacial score (nSPS) is 10.9. The van der Waals surface area contributed by atoms with Crippen LogP contribution in [0.2, 0.25) is 0 Å². The van der Waals surface area contributed by atoms with Gasteiger partial charge in [-0.2, -0.15) is 10.1 Å². The fourth-order valence-corrected chi connectivity index (χ4v) is 3.40. The minimum absolute atomic E-state index is 0.0204. The van der Waals surface area contributed by atoms with Gasteiger partial charge in [0.05, 0.1) is 17.9 Å². The van der Waals surface area contributed by atoms with Gasteiger partial charge < -0.3 is 19.9 Å². The molecular weight excluding hydrogens is 462 g/mol. The molecule has 2 aromatic carbocycles. The third kappa shape index (κ3) is 5.60. The molecule has 0 atom stereocenters. The fraction of sp³-hybridized carbons (Fsp3) is 0.261. The molecule has 2 heterocycles. The molecule has 0 radical (unpaired) electrons. The number of fused-ring (bicyclic) bond motifs is 1. The highest BCUT2D eigenvalue weighted by Gasteiger charge is 2.15. The minimum Gasteiger partial charge on any atom is -0.497 e. The van der Waals surface area contributed by atoms with Crippen LogP contribution in [0, 0.1) is 11.6 Å². The van der Waals surface area contributed by atoms with Crippen molar-refractivity contribution in [3.8, 4) is 17.1 Å². The van der Waals surface area contributed by atoms with Crippen molar-refractivity contribution in [1.29, 1.82) is 0 Å². The summed E-state index contributed by atoms with van der Waals surface area (Å²) in [6.07, 6.45) is 0.923. The summed E-state index contributed by atoms with van der Waals surface area (Å²) < 4.78 is 38.4. The molecule has 0 unspecified atom stereocenters. The van der Waals surface area contributed by atoms with Crippen LogP contribution in [0.1, 0.15) is 18.7 Å². The number of halogens is 2. The summed E-state index contributed by atoms with van der Waals surface area (Å²) in [6, 6.07) is 9.03. The van der Waals surface area contributed by atoms with Gasteiger partial charge in [0.2, 0.25) is 17.6 Å². The number of ether oxygens (including phenoxy) is 1. The van der Waals surface area contributed by atoms with Crippen LogP contribution in [0.4, 0.5) is 14.6 Å². The van der Waals surface area contributed by atoms with E-state index in [1.54, 1.807) is 19.2 Å². The zero-order chi connectivity index (χ0) is 24.8. The van der Waals surface area contributed by atoms with E-state index in [9.17, 15) is 18.4 Å². The van der Waals surface area contributed by atoms with Crippen LogP contribution in [-0.2, 0) is 11.2 Å². The van der Waals surface area contributed by atoms with E-state index in [0.717, 1.165) is 17.7 Å². The molecule has 3 N–H and O–H groups in total. The average Bonchev–Trinajstić information content (AvgIpc) is 3.35. The first-order valence-electron chi connectivity index (χ1n) is 10.8. The number of amides is 1. The third-order valence-corrected chi connectivity index (χ3v) is 5.19. The molecule has 4 rings (SSSR count). The summed E-state index contributed by atoms with van der Waals surface area (Å²) in [5, 5.41) is 14.9.